The van der Waals surface area contributed by atoms with Crippen LogP contribution in [0, 0.1) is 13.8 Å². The molecule has 0 radical (unpaired) electrons. The number of aromatic hydroxyl groups is 1. The molecule has 232 valence electrons. The molecular formula is C27H21N17OS2. The number of nitrogens with two attached hydrogens (primary N) is 2. The van der Waals surface area contributed by atoms with E-state index in [-0.39, 0.29) is 34.9 Å². The Kier molecular flexibility index (Phi) is 7.59. The maximum absolute atomic E-state index is 10.7. The van der Waals surface area contributed by atoms with Crippen molar-refractivity contribution in [3.63, 3.8) is 0 Å². The van der Waals surface area contributed by atoms with E-state index < -0.39 is 6.01 Å². The van der Waals surface area contributed by atoms with Gasteiger partial charge in [-0.25, -0.2) is 9.97 Å². The first-order chi connectivity index (χ1) is 22.8. The van der Waals surface area contributed by atoms with Crippen LogP contribution < -0.4 is 11.5 Å². The van der Waals surface area contributed by atoms with Gasteiger partial charge in [-0.3, -0.25) is 0 Å². The predicted molar refractivity (Wildman–Crippen MR) is 173 cm³/mol. The van der Waals surface area contributed by atoms with E-state index >= 15 is 0 Å². The average molecular weight is 664 g/mol. The Morgan fingerprint density at radius 1 is 0.596 bits per heavy atom. The van der Waals surface area contributed by atoms with Crippen LogP contribution in [-0.2, 0) is 0 Å². The SMILES string of the molecule is Cc1nsc(N=Nc2c(-c3ccccc3)nn(-c3nc(O)nc(-n4nc(-c5ccccc5)c(N=Nc5nc(C)ns5)c4N)n3)c2N)n1. The van der Waals surface area contributed by atoms with Gasteiger partial charge in [-0.1, -0.05) is 60.7 Å². The number of aryl methyl sites for hydroxylation is 2. The maximum atomic E-state index is 10.7. The van der Waals surface area contributed by atoms with Crippen LogP contribution in [0.15, 0.2) is 81.1 Å². The zero-order chi connectivity index (χ0) is 32.5. The highest BCUT2D eigenvalue weighted by Crippen LogP contribution is 2.39. The minimum atomic E-state index is -0.641. The Bertz CT molecular complexity index is 2110. The van der Waals surface area contributed by atoms with Crippen LogP contribution in [0.25, 0.3) is 34.4 Å². The number of azo groups is 2. The largest absolute Gasteiger partial charge is 0.479 e. The van der Waals surface area contributed by atoms with E-state index in [1.54, 1.807) is 13.8 Å². The molecule has 0 saturated carbocycles. The van der Waals surface area contributed by atoms with E-state index in [1.165, 1.54) is 9.36 Å². The van der Waals surface area contributed by atoms with Crippen LogP contribution in [0.4, 0.5) is 33.3 Å². The van der Waals surface area contributed by atoms with E-state index in [0.717, 1.165) is 23.1 Å². The number of hydrogen-bond acceptors (Lipinski definition) is 18. The topological polar surface area (TPSA) is 248 Å². The van der Waals surface area contributed by atoms with Gasteiger partial charge in [-0.05, 0) is 13.8 Å². The number of nitrogens with zero attached hydrogens (tertiary/aromatic N) is 15. The average Bonchev–Trinajstić information content (AvgIpc) is 3.85. The molecule has 0 bridgehead atoms. The molecule has 7 rings (SSSR count). The molecular weight excluding hydrogens is 643 g/mol. The fraction of sp³-hybridized carbons (Fsp3) is 0.0741. The molecule has 0 amide bonds. The van der Waals surface area contributed by atoms with Crippen molar-refractivity contribution < 1.29 is 5.11 Å². The summed E-state index contributed by atoms with van der Waals surface area (Å²) < 4.78 is 10.7. The van der Waals surface area contributed by atoms with E-state index in [4.69, 9.17) is 11.5 Å². The van der Waals surface area contributed by atoms with E-state index in [9.17, 15) is 5.11 Å². The van der Waals surface area contributed by atoms with Crippen LogP contribution in [-0.4, -0.2) is 58.3 Å². The molecule has 47 heavy (non-hydrogen) atoms. The zero-order valence-corrected chi connectivity index (χ0v) is 26.0. The molecule has 0 fully saturated rings. The van der Waals surface area contributed by atoms with Crippen molar-refractivity contribution in [3.05, 3.63) is 72.3 Å². The summed E-state index contributed by atoms with van der Waals surface area (Å²) in [6, 6.07) is 17.8. The number of rotatable bonds is 8. The molecule has 2 aromatic carbocycles. The molecule has 5 N–H and O–H groups in total. The fourth-order valence-corrected chi connectivity index (χ4v) is 5.31. The van der Waals surface area contributed by atoms with Crippen molar-refractivity contribution in [2.45, 2.75) is 13.8 Å². The Morgan fingerprint density at radius 3 is 1.40 bits per heavy atom. The third-order valence-corrected chi connectivity index (χ3v) is 7.75. The second-order valence-corrected chi connectivity index (χ2v) is 11.1. The van der Waals surface area contributed by atoms with Gasteiger partial charge in [0.15, 0.2) is 23.0 Å². The minimum Gasteiger partial charge on any atom is -0.479 e. The molecule has 0 aliphatic rings. The first-order valence-corrected chi connectivity index (χ1v) is 15.2. The van der Waals surface area contributed by atoms with Crippen LogP contribution in [0.2, 0.25) is 0 Å². The summed E-state index contributed by atoms with van der Waals surface area (Å²) in [7, 11) is 0. The van der Waals surface area contributed by atoms with Gasteiger partial charge in [0.2, 0.25) is 10.3 Å². The van der Waals surface area contributed by atoms with Gasteiger partial charge >= 0.3 is 6.01 Å². The highest BCUT2D eigenvalue weighted by molar-refractivity contribution is 7.09. The number of nitrogen functional groups attached to an aromatic ring is 2. The molecule has 0 atom stereocenters. The third kappa shape index (κ3) is 5.87. The molecule has 0 saturated heterocycles. The lowest BCUT2D eigenvalue weighted by molar-refractivity contribution is 0.423. The number of anilines is 2. The monoisotopic (exact) mass is 663 g/mol. The zero-order valence-electron chi connectivity index (χ0n) is 24.4. The van der Waals surface area contributed by atoms with E-state index in [0.29, 0.717) is 44.4 Å². The number of benzene rings is 2. The summed E-state index contributed by atoms with van der Waals surface area (Å²) in [6.07, 6.45) is 0. The first kappa shape index (κ1) is 29.3. The van der Waals surface area contributed by atoms with E-state index in [1.807, 2.05) is 60.7 Å². The van der Waals surface area contributed by atoms with Gasteiger partial charge in [-0.2, -0.15) is 43.3 Å². The quantitative estimate of drug-likeness (QED) is 0.168. The molecule has 5 heterocycles. The number of aromatic nitrogens is 11. The summed E-state index contributed by atoms with van der Waals surface area (Å²) in [5.41, 5.74) is 15.7. The standard InChI is InChI=1S/C27H21N17OS2/c1-13-30-26(46-41-13)37-35-19-17(15-9-5-3-6-10-15)39-43(21(19)28)23-32-24(34-25(45)33-23)44-22(29)20(36-38-27-31-14(2)42-47-27)18(40-44)16-11-7-4-8-12-16/h3-12H,28-29H2,1-2H3,(H,32,33,34,45). The number of hydrogen-bond donors (Lipinski definition) is 3. The smallest absolute Gasteiger partial charge is 0.320 e. The maximum Gasteiger partial charge on any atom is 0.320 e. The summed E-state index contributed by atoms with van der Waals surface area (Å²) in [4.78, 5) is 21.1. The molecule has 0 aliphatic heterocycles. The fourth-order valence-electron chi connectivity index (χ4n) is 4.30. The predicted octanol–water partition coefficient (Wildman–Crippen LogP) is 5.60. The molecule has 0 aliphatic carbocycles. The first-order valence-electron chi connectivity index (χ1n) is 13.6. The van der Waals surface area contributed by atoms with Gasteiger partial charge < -0.3 is 16.6 Å². The van der Waals surface area contributed by atoms with E-state index in [2.05, 4.69) is 64.3 Å². The van der Waals surface area contributed by atoms with Gasteiger partial charge in [0.05, 0.1) is 0 Å². The highest BCUT2D eigenvalue weighted by atomic mass is 32.1. The second-order valence-electron chi connectivity index (χ2n) is 9.60. The van der Waals surface area contributed by atoms with Crippen molar-refractivity contribution in [2.75, 3.05) is 11.5 Å². The van der Waals surface area contributed by atoms with Crippen LogP contribution in [0.3, 0.4) is 0 Å². The van der Waals surface area contributed by atoms with Crippen LogP contribution in [0.1, 0.15) is 11.6 Å². The van der Waals surface area contributed by atoms with Crippen LogP contribution in [0.5, 0.6) is 6.01 Å². The normalized spacial score (nSPS) is 11.7. The molecule has 0 spiro atoms. The lowest BCUT2D eigenvalue weighted by Gasteiger charge is -2.06. The Labute approximate surface area is 272 Å². The minimum absolute atomic E-state index is 0.0330. The Morgan fingerprint density at radius 2 is 1.02 bits per heavy atom. The highest BCUT2D eigenvalue weighted by Gasteiger charge is 2.24. The lowest BCUT2D eigenvalue weighted by Crippen LogP contribution is -2.13. The van der Waals surface area contributed by atoms with Crippen molar-refractivity contribution in [1.82, 2.24) is 53.2 Å². The Balaban J connectivity index is 1.35. The van der Waals surface area contributed by atoms with Crippen molar-refractivity contribution in [2.24, 2.45) is 20.5 Å². The molecule has 20 heteroatoms. The van der Waals surface area contributed by atoms with Gasteiger partial charge in [0.1, 0.15) is 23.0 Å². The van der Waals surface area contributed by atoms with Gasteiger partial charge in [0, 0.05) is 34.2 Å². The summed E-state index contributed by atoms with van der Waals surface area (Å²) in [6.45, 7) is 3.50. The van der Waals surface area contributed by atoms with Crippen LogP contribution >= 0.6 is 23.1 Å². The Hall–Kier alpha value is -6.41. The molecule has 7 aromatic rings. The summed E-state index contributed by atoms with van der Waals surface area (Å²) in [5, 5.41) is 37.7. The van der Waals surface area contributed by atoms with Crippen molar-refractivity contribution in [3.8, 4) is 40.4 Å². The van der Waals surface area contributed by atoms with Gasteiger partial charge in [-0.15, -0.1) is 20.5 Å². The summed E-state index contributed by atoms with van der Waals surface area (Å²) in [5.74, 6) is 0.920. The van der Waals surface area contributed by atoms with Gasteiger partial charge in [0.25, 0.3) is 11.9 Å². The molecule has 18 nitrogen and oxygen atoms in total. The third-order valence-electron chi connectivity index (χ3n) is 6.37. The summed E-state index contributed by atoms with van der Waals surface area (Å²) >= 11 is 2.18. The second kappa shape index (κ2) is 12.2. The van der Waals surface area contributed by atoms with Crippen molar-refractivity contribution in [1.29, 1.82) is 0 Å². The van der Waals surface area contributed by atoms with Crippen molar-refractivity contribution >= 4 is 56.3 Å². The molecule has 0 unspecified atom stereocenters. The lowest BCUT2D eigenvalue weighted by atomic mass is 10.1. The molecule has 5 aromatic heterocycles.